The molecule has 0 spiro atoms. The van der Waals surface area contributed by atoms with Crippen molar-refractivity contribution in [3.8, 4) is 0 Å². The third-order valence-electron chi connectivity index (χ3n) is 3.23. The van der Waals surface area contributed by atoms with E-state index in [0.29, 0.717) is 0 Å². The van der Waals surface area contributed by atoms with Gasteiger partial charge < -0.3 is 5.11 Å². The Kier molecular flexibility index (Phi) is 5.71. The third-order valence-corrected chi connectivity index (χ3v) is 3.23. The summed E-state index contributed by atoms with van der Waals surface area (Å²) in [5.74, 6) is 0. The molecule has 1 heterocycles. The van der Waals surface area contributed by atoms with Crippen LogP contribution in [0, 0.1) is 6.92 Å². The molecular formula is C17H22N2O. The SMILES string of the molecule is Cc1cccc(CN(CCCO)Cc2ccccn2)c1. The van der Waals surface area contributed by atoms with Crippen molar-refractivity contribution in [2.24, 2.45) is 0 Å². The zero-order valence-corrected chi connectivity index (χ0v) is 12.0. The Bertz CT molecular complexity index is 513. The lowest BCUT2D eigenvalue weighted by atomic mass is 10.1. The standard InChI is InChI=1S/C17H22N2O/c1-15-6-4-7-16(12-15)13-19(10-5-11-20)14-17-8-2-3-9-18-17/h2-4,6-9,12,20H,5,10-11,13-14H2,1H3. The second-order valence-electron chi connectivity index (χ2n) is 5.10. The number of rotatable bonds is 7. The van der Waals surface area contributed by atoms with Crippen molar-refractivity contribution in [1.29, 1.82) is 0 Å². The number of aryl methyl sites for hydroxylation is 1. The van der Waals surface area contributed by atoms with Gasteiger partial charge in [0, 0.05) is 32.4 Å². The first kappa shape index (κ1) is 14.7. The van der Waals surface area contributed by atoms with E-state index in [4.69, 9.17) is 5.11 Å². The molecule has 1 aromatic heterocycles. The second-order valence-corrected chi connectivity index (χ2v) is 5.10. The molecule has 0 aliphatic carbocycles. The molecule has 1 N–H and O–H groups in total. The van der Waals surface area contributed by atoms with E-state index in [0.717, 1.165) is 31.7 Å². The molecule has 0 atom stereocenters. The molecule has 0 radical (unpaired) electrons. The van der Waals surface area contributed by atoms with Gasteiger partial charge in [-0.1, -0.05) is 35.9 Å². The zero-order valence-electron chi connectivity index (χ0n) is 12.0. The molecule has 0 unspecified atom stereocenters. The smallest absolute Gasteiger partial charge is 0.0544 e. The number of aliphatic hydroxyl groups excluding tert-OH is 1. The van der Waals surface area contributed by atoms with E-state index in [1.54, 1.807) is 0 Å². The summed E-state index contributed by atoms with van der Waals surface area (Å²) in [6, 6.07) is 14.6. The monoisotopic (exact) mass is 270 g/mol. The van der Waals surface area contributed by atoms with Crippen LogP contribution in [0.15, 0.2) is 48.7 Å². The van der Waals surface area contributed by atoms with Crippen molar-refractivity contribution >= 4 is 0 Å². The molecule has 0 saturated heterocycles. The van der Waals surface area contributed by atoms with Crippen molar-refractivity contribution in [2.75, 3.05) is 13.2 Å². The maximum atomic E-state index is 9.05. The van der Waals surface area contributed by atoms with Gasteiger partial charge in [0.15, 0.2) is 0 Å². The van der Waals surface area contributed by atoms with Crippen molar-refractivity contribution in [2.45, 2.75) is 26.4 Å². The van der Waals surface area contributed by atoms with Crippen LogP contribution in [0.3, 0.4) is 0 Å². The van der Waals surface area contributed by atoms with E-state index in [2.05, 4.69) is 41.1 Å². The molecular weight excluding hydrogens is 248 g/mol. The predicted octanol–water partition coefficient (Wildman–Crippen LogP) is 2.77. The Labute approximate surface area is 120 Å². The predicted molar refractivity (Wildman–Crippen MR) is 81.2 cm³/mol. The molecule has 0 aliphatic heterocycles. The molecule has 2 rings (SSSR count). The topological polar surface area (TPSA) is 36.4 Å². The van der Waals surface area contributed by atoms with Gasteiger partial charge in [0.05, 0.1) is 5.69 Å². The minimum Gasteiger partial charge on any atom is -0.396 e. The first-order valence-electron chi connectivity index (χ1n) is 7.06. The van der Waals surface area contributed by atoms with E-state index in [-0.39, 0.29) is 6.61 Å². The third kappa shape index (κ3) is 4.76. The average Bonchev–Trinajstić information content (AvgIpc) is 2.46. The number of aromatic nitrogens is 1. The maximum absolute atomic E-state index is 9.05. The number of pyridine rings is 1. The molecule has 0 aliphatic rings. The molecule has 0 bridgehead atoms. The summed E-state index contributed by atoms with van der Waals surface area (Å²) >= 11 is 0. The first-order chi connectivity index (χ1) is 9.78. The highest BCUT2D eigenvalue weighted by Gasteiger charge is 2.07. The first-order valence-corrected chi connectivity index (χ1v) is 7.06. The van der Waals surface area contributed by atoms with Crippen LogP contribution in [0.5, 0.6) is 0 Å². The number of hydrogen-bond acceptors (Lipinski definition) is 3. The molecule has 20 heavy (non-hydrogen) atoms. The number of nitrogens with zero attached hydrogens (tertiary/aromatic N) is 2. The molecule has 1 aromatic carbocycles. The molecule has 3 heteroatoms. The fourth-order valence-corrected chi connectivity index (χ4v) is 2.30. The van der Waals surface area contributed by atoms with Gasteiger partial charge >= 0.3 is 0 Å². The van der Waals surface area contributed by atoms with Gasteiger partial charge in [-0.25, -0.2) is 0 Å². The van der Waals surface area contributed by atoms with Crippen molar-refractivity contribution in [3.05, 3.63) is 65.5 Å². The fourth-order valence-electron chi connectivity index (χ4n) is 2.30. The number of benzene rings is 1. The highest BCUT2D eigenvalue weighted by molar-refractivity contribution is 5.22. The highest BCUT2D eigenvalue weighted by atomic mass is 16.3. The largest absolute Gasteiger partial charge is 0.396 e. The van der Waals surface area contributed by atoms with Crippen molar-refractivity contribution < 1.29 is 5.11 Å². The summed E-state index contributed by atoms with van der Waals surface area (Å²) in [4.78, 5) is 6.71. The molecule has 0 fully saturated rings. The molecule has 106 valence electrons. The highest BCUT2D eigenvalue weighted by Crippen LogP contribution is 2.11. The Morgan fingerprint density at radius 2 is 2.00 bits per heavy atom. The minimum atomic E-state index is 0.229. The van der Waals surface area contributed by atoms with Gasteiger partial charge in [0.2, 0.25) is 0 Å². The summed E-state index contributed by atoms with van der Waals surface area (Å²) in [5.41, 5.74) is 3.65. The van der Waals surface area contributed by atoms with E-state index in [9.17, 15) is 0 Å². The van der Waals surface area contributed by atoms with Crippen LogP contribution in [-0.2, 0) is 13.1 Å². The van der Waals surface area contributed by atoms with Crippen LogP contribution in [0.1, 0.15) is 23.2 Å². The van der Waals surface area contributed by atoms with Crippen LogP contribution in [-0.4, -0.2) is 28.1 Å². The van der Waals surface area contributed by atoms with Gasteiger partial charge in [0.1, 0.15) is 0 Å². The average molecular weight is 270 g/mol. The summed E-state index contributed by atoms with van der Waals surface area (Å²) in [7, 11) is 0. The maximum Gasteiger partial charge on any atom is 0.0544 e. The Balaban J connectivity index is 2.03. The van der Waals surface area contributed by atoms with E-state index in [1.807, 2.05) is 24.4 Å². The van der Waals surface area contributed by atoms with Crippen molar-refractivity contribution in [1.82, 2.24) is 9.88 Å². The summed E-state index contributed by atoms with van der Waals surface area (Å²) in [5, 5.41) is 9.05. The van der Waals surface area contributed by atoms with Gasteiger partial charge in [-0.2, -0.15) is 0 Å². The second kappa shape index (κ2) is 7.78. The summed E-state index contributed by atoms with van der Waals surface area (Å²) < 4.78 is 0. The van der Waals surface area contributed by atoms with E-state index < -0.39 is 0 Å². The quantitative estimate of drug-likeness (QED) is 0.840. The lowest BCUT2D eigenvalue weighted by Crippen LogP contribution is -2.25. The summed E-state index contributed by atoms with van der Waals surface area (Å²) in [6.45, 7) is 4.92. The molecule has 0 saturated carbocycles. The molecule has 0 amide bonds. The molecule has 3 nitrogen and oxygen atoms in total. The lowest BCUT2D eigenvalue weighted by molar-refractivity contribution is 0.211. The Hall–Kier alpha value is -1.71. The van der Waals surface area contributed by atoms with Gasteiger partial charge in [-0.3, -0.25) is 9.88 Å². The van der Waals surface area contributed by atoms with E-state index in [1.165, 1.54) is 11.1 Å². The fraction of sp³-hybridized carbons (Fsp3) is 0.353. The van der Waals surface area contributed by atoms with Crippen LogP contribution < -0.4 is 0 Å². The van der Waals surface area contributed by atoms with Crippen LogP contribution >= 0.6 is 0 Å². The molecule has 2 aromatic rings. The lowest BCUT2D eigenvalue weighted by Gasteiger charge is -2.22. The Morgan fingerprint density at radius 1 is 1.10 bits per heavy atom. The number of hydrogen-bond donors (Lipinski definition) is 1. The van der Waals surface area contributed by atoms with Crippen molar-refractivity contribution in [3.63, 3.8) is 0 Å². The van der Waals surface area contributed by atoms with Crippen LogP contribution in [0.2, 0.25) is 0 Å². The van der Waals surface area contributed by atoms with Crippen LogP contribution in [0.25, 0.3) is 0 Å². The van der Waals surface area contributed by atoms with Gasteiger partial charge in [-0.05, 0) is 31.0 Å². The number of aliphatic hydroxyl groups is 1. The van der Waals surface area contributed by atoms with Crippen LogP contribution in [0.4, 0.5) is 0 Å². The van der Waals surface area contributed by atoms with Gasteiger partial charge in [-0.15, -0.1) is 0 Å². The van der Waals surface area contributed by atoms with Gasteiger partial charge in [0.25, 0.3) is 0 Å². The summed E-state index contributed by atoms with van der Waals surface area (Å²) in [6.07, 6.45) is 2.62. The zero-order chi connectivity index (χ0) is 14.2. The normalized spacial score (nSPS) is 10.9. The van der Waals surface area contributed by atoms with E-state index >= 15 is 0 Å². The Morgan fingerprint density at radius 3 is 2.70 bits per heavy atom. The minimum absolute atomic E-state index is 0.229.